The van der Waals surface area contributed by atoms with Gasteiger partial charge in [0.2, 0.25) is 0 Å². The molecule has 2 rings (SSSR count). The minimum absolute atomic E-state index is 0.659. The Kier molecular flexibility index (Phi) is 7.69. The highest BCUT2D eigenvalue weighted by molar-refractivity contribution is 5.44. The molecule has 0 fully saturated rings. The number of nitrogens with one attached hydrogen (secondary N) is 1. The molecule has 0 spiro atoms. The molecule has 1 N–H and O–H groups in total. The molecule has 7 nitrogen and oxygen atoms in total. The lowest BCUT2D eigenvalue weighted by Gasteiger charge is -2.23. The number of hydrogen-bond acceptors (Lipinski definition) is 6. The van der Waals surface area contributed by atoms with Gasteiger partial charge in [0.05, 0.1) is 13.2 Å². The van der Waals surface area contributed by atoms with E-state index >= 15 is 0 Å². The fraction of sp³-hybridized carbons (Fsp3) is 0.556. The highest BCUT2D eigenvalue weighted by Gasteiger charge is 2.09. The summed E-state index contributed by atoms with van der Waals surface area (Å²) >= 11 is 0. The Morgan fingerprint density at radius 3 is 2.00 bits per heavy atom. The van der Waals surface area contributed by atoms with Gasteiger partial charge in [-0.15, -0.1) is 10.2 Å². The molecule has 0 aromatic carbocycles. The average molecular weight is 347 g/mol. The van der Waals surface area contributed by atoms with Crippen LogP contribution in [0, 0.1) is 13.8 Å². The molecule has 0 amide bonds. The van der Waals surface area contributed by atoms with Crippen molar-refractivity contribution >= 4 is 11.6 Å². The van der Waals surface area contributed by atoms with E-state index in [1.807, 2.05) is 44.5 Å². The van der Waals surface area contributed by atoms with Crippen LogP contribution in [0.25, 0.3) is 0 Å². The van der Waals surface area contributed by atoms with Gasteiger partial charge in [0, 0.05) is 37.7 Å². The van der Waals surface area contributed by atoms with Crippen molar-refractivity contribution in [2.75, 3.05) is 49.8 Å². The lowest BCUT2D eigenvalue weighted by Crippen LogP contribution is -2.32. The summed E-state index contributed by atoms with van der Waals surface area (Å²) in [6.45, 7) is 12.4. The Balaban J connectivity index is 2.02. The van der Waals surface area contributed by atoms with Gasteiger partial charge in [0.25, 0.3) is 0 Å². The van der Waals surface area contributed by atoms with Crippen molar-refractivity contribution in [3.63, 3.8) is 0 Å². The van der Waals surface area contributed by atoms with Gasteiger partial charge >= 0.3 is 0 Å². The number of ether oxygens (including phenoxy) is 2. The maximum Gasteiger partial charge on any atom is 0.167 e. The molecule has 7 heteroatoms. The minimum atomic E-state index is 0.659. The van der Waals surface area contributed by atoms with Gasteiger partial charge in [0.1, 0.15) is 0 Å². The molecule has 0 saturated heterocycles. The van der Waals surface area contributed by atoms with E-state index in [1.54, 1.807) is 0 Å². The zero-order chi connectivity index (χ0) is 18.1. The molecule has 0 unspecified atom stereocenters. The summed E-state index contributed by atoms with van der Waals surface area (Å²) < 4.78 is 12.9. The van der Waals surface area contributed by atoms with E-state index in [0.29, 0.717) is 32.2 Å². The molecule has 25 heavy (non-hydrogen) atoms. The van der Waals surface area contributed by atoms with E-state index in [1.165, 1.54) is 0 Å². The fourth-order valence-electron chi connectivity index (χ4n) is 2.49. The molecule has 0 bridgehead atoms. The van der Waals surface area contributed by atoms with Crippen LogP contribution in [0.15, 0.2) is 24.3 Å². The van der Waals surface area contributed by atoms with Gasteiger partial charge < -0.3 is 14.4 Å². The second kappa shape index (κ2) is 10.0. The van der Waals surface area contributed by atoms with E-state index in [2.05, 4.69) is 32.7 Å². The average Bonchev–Trinajstić information content (AvgIpc) is 2.93. The predicted octanol–water partition coefficient (Wildman–Crippen LogP) is 2.65. The molecule has 0 aliphatic rings. The van der Waals surface area contributed by atoms with Crippen molar-refractivity contribution in [3.05, 3.63) is 35.7 Å². The Morgan fingerprint density at radius 2 is 1.52 bits per heavy atom. The Morgan fingerprint density at radius 1 is 0.920 bits per heavy atom. The van der Waals surface area contributed by atoms with Crippen LogP contribution in [0.3, 0.4) is 0 Å². The largest absolute Gasteiger partial charge is 0.380 e. The SMILES string of the molecule is CCOCCN(CCOCC)c1ccc(Nn2c(C)ccc2C)nn1. The smallest absolute Gasteiger partial charge is 0.167 e. The number of rotatable bonds is 11. The summed E-state index contributed by atoms with van der Waals surface area (Å²) in [5, 5.41) is 8.67. The molecule has 0 aliphatic heterocycles. The van der Waals surface area contributed by atoms with Crippen molar-refractivity contribution in [2.24, 2.45) is 0 Å². The summed E-state index contributed by atoms with van der Waals surface area (Å²) in [5.41, 5.74) is 5.51. The number of anilines is 2. The van der Waals surface area contributed by atoms with E-state index in [4.69, 9.17) is 9.47 Å². The highest BCUT2D eigenvalue weighted by Crippen LogP contribution is 2.13. The van der Waals surface area contributed by atoms with E-state index in [9.17, 15) is 0 Å². The predicted molar refractivity (Wildman–Crippen MR) is 100 cm³/mol. The Labute approximate surface area is 149 Å². The molecular weight excluding hydrogens is 318 g/mol. The standard InChI is InChI=1S/C18H29N5O2/c1-5-24-13-11-22(12-14-25-6-2)18-10-9-17(19-20-18)21-23-15(3)7-8-16(23)4/h7-10H,5-6,11-14H2,1-4H3,(H,19,21). The number of hydrogen-bond donors (Lipinski definition) is 1. The van der Waals surface area contributed by atoms with E-state index < -0.39 is 0 Å². The molecule has 2 aromatic heterocycles. The zero-order valence-corrected chi connectivity index (χ0v) is 15.7. The van der Waals surface area contributed by atoms with Gasteiger partial charge in [-0.05, 0) is 52.0 Å². The number of aromatic nitrogens is 3. The monoisotopic (exact) mass is 347 g/mol. The number of aryl methyl sites for hydroxylation is 2. The first-order chi connectivity index (χ1) is 12.2. The number of nitrogens with zero attached hydrogens (tertiary/aromatic N) is 4. The lowest BCUT2D eigenvalue weighted by molar-refractivity contribution is 0.141. The normalized spacial score (nSPS) is 10.9. The van der Waals surface area contributed by atoms with Gasteiger partial charge in [-0.1, -0.05) is 0 Å². The van der Waals surface area contributed by atoms with Crippen LogP contribution in [0.1, 0.15) is 25.2 Å². The van der Waals surface area contributed by atoms with Crippen molar-refractivity contribution in [1.29, 1.82) is 0 Å². The van der Waals surface area contributed by atoms with Crippen molar-refractivity contribution in [3.8, 4) is 0 Å². The summed E-state index contributed by atoms with van der Waals surface area (Å²) in [4.78, 5) is 2.13. The highest BCUT2D eigenvalue weighted by atomic mass is 16.5. The van der Waals surface area contributed by atoms with E-state index in [0.717, 1.165) is 30.3 Å². The van der Waals surface area contributed by atoms with Crippen LogP contribution in [0.5, 0.6) is 0 Å². The summed E-state index contributed by atoms with van der Waals surface area (Å²) in [6, 6.07) is 8.04. The summed E-state index contributed by atoms with van der Waals surface area (Å²) in [5.74, 6) is 1.53. The third-order valence-electron chi connectivity index (χ3n) is 3.89. The van der Waals surface area contributed by atoms with Gasteiger partial charge in [-0.2, -0.15) is 0 Å². The topological polar surface area (TPSA) is 64.4 Å². The Bertz CT molecular complexity index is 597. The maximum atomic E-state index is 5.47. The maximum absolute atomic E-state index is 5.47. The van der Waals surface area contributed by atoms with Crippen LogP contribution in [0.4, 0.5) is 11.6 Å². The fourth-order valence-corrected chi connectivity index (χ4v) is 2.49. The van der Waals surface area contributed by atoms with Crippen molar-refractivity contribution < 1.29 is 9.47 Å². The van der Waals surface area contributed by atoms with Crippen LogP contribution >= 0.6 is 0 Å². The molecule has 0 radical (unpaired) electrons. The van der Waals surface area contributed by atoms with Crippen LogP contribution in [-0.2, 0) is 9.47 Å². The van der Waals surface area contributed by atoms with Gasteiger partial charge in [-0.25, -0.2) is 0 Å². The molecule has 0 aliphatic carbocycles. The quantitative estimate of drug-likeness (QED) is 0.631. The van der Waals surface area contributed by atoms with Crippen molar-refractivity contribution in [1.82, 2.24) is 14.9 Å². The summed E-state index contributed by atoms with van der Waals surface area (Å²) in [6.07, 6.45) is 0. The molecule has 2 aromatic rings. The van der Waals surface area contributed by atoms with Crippen molar-refractivity contribution in [2.45, 2.75) is 27.7 Å². The first kappa shape index (κ1) is 19.2. The third-order valence-corrected chi connectivity index (χ3v) is 3.89. The molecule has 0 saturated carbocycles. The lowest BCUT2D eigenvalue weighted by atomic mass is 10.4. The van der Waals surface area contributed by atoms with Gasteiger partial charge in [0.15, 0.2) is 11.6 Å². The molecule has 0 atom stereocenters. The van der Waals surface area contributed by atoms with Crippen LogP contribution in [0.2, 0.25) is 0 Å². The summed E-state index contributed by atoms with van der Waals surface area (Å²) in [7, 11) is 0. The van der Waals surface area contributed by atoms with E-state index in [-0.39, 0.29) is 0 Å². The Hall–Kier alpha value is -2.12. The third kappa shape index (κ3) is 5.72. The van der Waals surface area contributed by atoms with Crippen LogP contribution < -0.4 is 10.3 Å². The molecule has 2 heterocycles. The molecule has 138 valence electrons. The first-order valence-corrected chi connectivity index (χ1v) is 8.81. The first-order valence-electron chi connectivity index (χ1n) is 8.81. The minimum Gasteiger partial charge on any atom is -0.380 e. The second-order valence-corrected chi connectivity index (χ2v) is 5.72. The molecular formula is C18H29N5O2. The van der Waals surface area contributed by atoms with Crippen LogP contribution in [-0.4, -0.2) is 54.4 Å². The zero-order valence-electron chi connectivity index (χ0n) is 15.7. The van der Waals surface area contributed by atoms with Gasteiger partial charge in [-0.3, -0.25) is 10.1 Å². The second-order valence-electron chi connectivity index (χ2n) is 5.72.